The molecule has 0 bridgehead atoms. The zero-order valence-electron chi connectivity index (χ0n) is 8.79. The molecule has 1 atom stereocenters. The molecule has 0 unspecified atom stereocenters. The summed E-state index contributed by atoms with van der Waals surface area (Å²) in [5, 5.41) is 6.82. The summed E-state index contributed by atoms with van der Waals surface area (Å²) in [6.45, 7) is 8.69. The average molecular weight is 211 g/mol. The van der Waals surface area contributed by atoms with Gasteiger partial charge in [0.25, 0.3) is 0 Å². The van der Waals surface area contributed by atoms with Crippen LogP contribution in [0.15, 0.2) is 5.38 Å². The predicted molar refractivity (Wildman–Crippen MR) is 59.6 cm³/mol. The van der Waals surface area contributed by atoms with Crippen molar-refractivity contribution in [3.63, 3.8) is 0 Å². The minimum Gasteiger partial charge on any atom is -0.312 e. The molecule has 1 aromatic heterocycles. The largest absolute Gasteiger partial charge is 0.312 e. The lowest BCUT2D eigenvalue weighted by atomic mass is 10.2. The van der Waals surface area contributed by atoms with E-state index < -0.39 is 0 Å². The topological polar surface area (TPSA) is 28.2 Å². The van der Waals surface area contributed by atoms with E-state index in [1.165, 1.54) is 5.01 Å². The predicted octanol–water partition coefficient (Wildman–Crippen LogP) is 1.25. The van der Waals surface area contributed by atoms with Crippen molar-refractivity contribution in [2.24, 2.45) is 0 Å². The van der Waals surface area contributed by atoms with Crippen molar-refractivity contribution in [1.29, 1.82) is 0 Å². The van der Waals surface area contributed by atoms with Crippen molar-refractivity contribution in [2.75, 3.05) is 19.6 Å². The first-order chi connectivity index (χ1) is 6.74. The Morgan fingerprint density at radius 2 is 2.57 bits per heavy atom. The number of nitrogens with zero attached hydrogens (tertiary/aromatic N) is 2. The van der Waals surface area contributed by atoms with E-state index in [4.69, 9.17) is 0 Å². The van der Waals surface area contributed by atoms with Gasteiger partial charge in [-0.1, -0.05) is 0 Å². The maximum absolute atomic E-state index is 4.49. The van der Waals surface area contributed by atoms with Gasteiger partial charge in [-0.25, -0.2) is 4.98 Å². The standard InChI is InChI=1S/C10H17N3S/c1-8-5-13(4-3-11-8)6-10-12-9(2)7-14-10/h7-8,11H,3-6H2,1-2H3/t8-/m1/s1. The lowest BCUT2D eigenvalue weighted by Gasteiger charge is -2.31. The van der Waals surface area contributed by atoms with Gasteiger partial charge < -0.3 is 5.32 Å². The third kappa shape index (κ3) is 2.53. The van der Waals surface area contributed by atoms with Crippen LogP contribution >= 0.6 is 11.3 Å². The van der Waals surface area contributed by atoms with Crippen LogP contribution in [0.3, 0.4) is 0 Å². The zero-order valence-corrected chi connectivity index (χ0v) is 9.60. The van der Waals surface area contributed by atoms with Crippen LogP contribution in [0.1, 0.15) is 17.6 Å². The summed E-state index contributed by atoms with van der Waals surface area (Å²) in [5.41, 5.74) is 1.15. The molecule has 1 N–H and O–H groups in total. The molecule has 0 aliphatic carbocycles. The SMILES string of the molecule is Cc1csc(CN2CCN[C@H](C)C2)n1. The minimum atomic E-state index is 0.616. The third-order valence-electron chi connectivity index (χ3n) is 2.48. The number of thiazole rings is 1. The first-order valence-electron chi connectivity index (χ1n) is 5.11. The molecule has 1 aromatic rings. The van der Waals surface area contributed by atoms with Crippen LogP contribution in [-0.2, 0) is 6.54 Å². The molecule has 0 saturated carbocycles. The molecule has 1 aliphatic rings. The maximum atomic E-state index is 4.49. The molecule has 1 fully saturated rings. The van der Waals surface area contributed by atoms with Crippen molar-refractivity contribution in [1.82, 2.24) is 15.2 Å². The highest BCUT2D eigenvalue weighted by atomic mass is 32.1. The second kappa shape index (κ2) is 4.38. The van der Waals surface area contributed by atoms with E-state index in [9.17, 15) is 0 Å². The van der Waals surface area contributed by atoms with Crippen LogP contribution in [0.25, 0.3) is 0 Å². The fourth-order valence-corrected chi connectivity index (χ4v) is 2.64. The van der Waals surface area contributed by atoms with E-state index in [-0.39, 0.29) is 0 Å². The van der Waals surface area contributed by atoms with Crippen molar-refractivity contribution in [3.8, 4) is 0 Å². The number of hydrogen-bond donors (Lipinski definition) is 1. The molecule has 1 aliphatic heterocycles. The average Bonchev–Trinajstić information content (AvgIpc) is 2.51. The molecule has 78 valence electrons. The first kappa shape index (κ1) is 10.1. The highest BCUT2D eigenvalue weighted by molar-refractivity contribution is 7.09. The van der Waals surface area contributed by atoms with Gasteiger partial charge in [0, 0.05) is 36.8 Å². The highest BCUT2D eigenvalue weighted by Crippen LogP contribution is 2.12. The van der Waals surface area contributed by atoms with Gasteiger partial charge in [0.15, 0.2) is 0 Å². The van der Waals surface area contributed by atoms with Crippen LogP contribution in [0.5, 0.6) is 0 Å². The third-order valence-corrected chi connectivity index (χ3v) is 3.43. The van der Waals surface area contributed by atoms with Crippen LogP contribution in [-0.4, -0.2) is 35.6 Å². The molecular formula is C10H17N3S. The van der Waals surface area contributed by atoms with E-state index in [2.05, 4.69) is 34.4 Å². The fourth-order valence-electron chi connectivity index (χ4n) is 1.82. The van der Waals surface area contributed by atoms with Crippen molar-refractivity contribution < 1.29 is 0 Å². The van der Waals surface area contributed by atoms with Crippen molar-refractivity contribution in [3.05, 3.63) is 16.1 Å². The molecular weight excluding hydrogens is 194 g/mol. The molecule has 0 spiro atoms. The number of aromatic nitrogens is 1. The van der Waals surface area contributed by atoms with Gasteiger partial charge in [0.2, 0.25) is 0 Å². The summed E-state index contributed by atoms with van der Waals surface area (Å²) in [5.74, 6) is 0. The van der Waals surface area contributed by atoms with Crippen LogP contribution in [0.2, 0.25) is 0 Å². The Kier molecular flexibility index (Phi) is 3.15. The maximum Gasteiger partial charge on any atom is 0.107 e. The van der Waals surface area contributed by atoms with Crippen LogP contribution in [0.4, 0.5) is 0 Å². The van der Waals surface area contributed by atoms with Crippen LogP contribution in [0, 0.1) is 6.92 Å². The summed E-state index contributed by atoms with van der Waals surface area (Å²) in [7, 11) is 0. The van der Waals surface area contributed by atoms with Gasteiger partial charge >= 0.3 is 0 Å². The number of nitrogens with one attached hydrogen (secondary N) is 1. The van der Waals surface area contributed by atoms with Crippen molar-refractivity contribution in [2.45, 2.75) is 26.4 Å². The molecule has 0 radical (unpaired) electrons. The molecule has 2 heterocycles. The van der Waals surface area contributed by atoms with E-state index in [0.717, 1.165) is 31.9 Å². The van der Waals surface area contributed by atoms with Gasteiger partial charge in [-0.05, 0) is 13.8 Å². The lowest BCUT2D eigenvalue weighted by molar-refractivity contribution is 0.199. The van der Waals surface area contributed by atoms with Crippen LogP contribution < -0.4 is 5.32 Å². The monoisotopic (exact) mass is 211 g/mol. The molecule has 0 amide bonds. The highest BCUT2D eigenvalue weighted by Gasteiger charge is 2.16. The van der Waals surface area contributed by atoms with Gasteiger partial charge in [-0.3, -0.25) is 4.90 Å². The first-order valence-corrected chi connectivity index (χ1v) is 5.99. The number of rotatable bonds is 2. The Morgan fingerprint density at radius 1 is 1.71 bits per heavy atom. The number of piperazine rings is 1. The number of hydrogen-bond acceptors (Lipinski definition) is 4. The molecule has 14 heavy (non-hydrogen) atoms. The molecule has 1 saturated heterocycles. The lowest BCUT2D eigenvalue weighted by Crippen LogP contribution is -2.48. The fraction of sp³-hybridized carbons (Fsp3) is 0.700. The smallest absolute Gasteiger partial charge is 0.107 e. The van der Waals surface area contributed by atoms with Gasteiger partial charge in [0.05, 0.1) is 6.54 Å². The Balaban J connectivity index is 1.90. The Bertz CT molecular complexity index is 297. The minimum absolute atomic E-state index is 0.616. The zero-order chi connectivity index (χ0) is 9.97. The molecule has 2 rings (SSSR count). The second-order valence-electron chi connectivity index (χ2n) is 3.97. The molecule has 3 nitrogen and oxygen atoms in total. The Morgan fingerprint density at radius 3 is 3.21 bits per heavy atom. The molecule has 0 aromatic carbocycles. The van der Waals surface area contributed by atoms with Crippen molar-refractivity contribution >= 4 is 11.3 Å². The second-order valence-corrected chi connectivity index (χ2v) is 4.92. The van der Waals surface area contributed by atoms with E-state index in [0.29, 0.717) is 6.04 Å². The Hall–Kier alpha value is -0.450. The molecule has 4 heteroatoms. The summed E-state index contributed by atoms with van der Waals surface area (Å²) in [6.07, 6.45) is 0. The van der Waals surface area contributed by atoms with E-state index in [1.807, 2.05) is 0 Å². The Labute approximate surface area is 89.1 Å². The van der Waals surface area contributed by atoms with Gasteiger partial charge in [-0.2, -0.15) is 0 Å². The summed E-state index contributed by atoms with van der Waals surface area (Å²) < 4.78 is 0. The van der Waals surface area contributed by atoms with Gasteiger partial charge in [0.1, 0.15) is 5.01 Å². The van der Waals surface area contributed by atoms with E-state index >= 15 is 0 Å². The van der Waals surface area contributed by atoms with Gasteiger partial charge in [-0.15, -0.1) is 11.3 Å². The number of aryl methyl sites for hydroxylation is 1. The summed E-state index contributed by atoms with van der Waals surface area (Å²) >= 11 is 1.77. The normalized spacial score (nSPS) is 24.0. The van der Waals surface area contributed by atoms with E-state index in [1.54, 1.807) is 11.3 Å². The summed E-state index contributed by atoms with van der Waals surface area (Å²) in [6, 6.07) is 0.616. The quantitative estimate of drug-likeness (QED) is 0.798. The summed E-state index contributed by atoms with van der Waals surface area (Å²) in [4.78, 5) is 6.96.